The summed E-state index contributed by atoms with van der Waals surface area (Å²) in [6.07, 6.45) is 0.990. The molecule has 1 aromatic heterocycles. The van der Waals surface area contributed by atoms with Crippen LogP contribution in [0, 0.1) is 6.92 Å². The number of aryl methyl sites for hydroxylation is 1. The van der Waals surface area contributed by atoms with Crippen molar-refractivity contribution in [1.29, 1.82) is 0 Å². The molecule has 0 aliphatic heterocycles. The van der Waals surface area contributed by atoms with Crippen molar-refractivity contribution in [2.45, 2.75) is 32.6 Å². The van der Waals surface area contributed by atoms with E-state index in [1.54, 1.807) is 11.3 Å². The van der Waals surface area contributed by atoms with Crippen molar-refractivity contribution >= 4 is 11.3 Å². The smallest absolute Gasteiger partial charge is 0.123 e. The lowest BCUT2D eigenvalue weighted by atomic mass is 9.87. The molecule has 0 bridgehead atoms. The summed E-state index contributed by atoms with van der Waals surface area (Å²) in [6, 6.07) is 10.4. The number of aromatic nitrogens is 1. The first-order chi connectivity index (χ1) is 8.54. The summed E-state index contributed by atoms with van der Waals surface area (Å²) in [4.78, 5) is 6.06. The van der Waals surface area contributed by atoms with Gasteiger partial charge in [0.2, 0.25) is 0 Å². The van der Waals surface area contributed by atoms with E-state index in [0.717, 1.165) is 17.1 Å². The van der Waals surface area contributed by atoms with Crippen LogP contribution in [0.4, 0.5) is 0 Å². The lowest BCUT2D eigenvalue weighted by Gasteiger charge is -2.22. The van der Waals surface area contributed by atoms with E-state index in [2.05, 4.69) is 45.0 Å². The minimum atomic E-state index is 0.115. The van der Waals surface area contributed by atoms with Crippen LogP contribution >= 0.6 is 11.3 Å². The number of thiazole rings is 1. The van der Waals surface area contributed by atoms with Gasteiger partial charge in [-0.15, -0.1) is 11.3 Å². The molecule has 96 valence electrons. The van der Waals surface area contributed by atoms with Crippen molar-refractivity contribution in [3.05, 3.63) is 40.9 Å². The zero-order valence-electron chi connectivity index (χ0n) is 11.2. The van der Waals surface area contributed by atoms with Gasteiger partial charge in [-0.1, -0.05) is 44.2 Å². The Labute approximate surface area is 113 Å². The van der Waals surface area contributed by atoms with E-state index in [9.17, 15) is 0 Å². The molecule has 0 unspecified atom stereocenters. The Hall–Kier alpha value is -1.19. The van der Waals surface area contributed by atoms with E-state index < -0.39 is 0 Å². The van der Waals surface area contributed by atoms with E-state index >= 15 is 0 Å². The highest BCUT2D eigenvalue weighted by Crippen LogP contribution is 2.37. The van der Waals surface area contributed by atoms with Crippen LogP contribution in [0.15, 0.2) is 30.3 Å². The summed E-state index contributed by atoms with van der Waals surface area (Å²) in [7, 11) is 0. The number of hydrogen-bond acceptors (Lipinski definition) is 3. The molecule has 0 radical (unpaired) electrons. The van der Waals surface area contributed by atoms with E-state index in [0.29, 0.717) is 6.54 Å². The molecule has 2 nitrogen and oxygen atoms in total. The molecule has 3 heteroatoms. The number of nitrogens with two attached hydrogens (primary N) is 1. The van der Waals surface area contributed by atoms with Crippen molar-refractivity contribution in [1.82, 2.24) is 4.98 Å². The lowest BCUT2D eigenvalue weighted by molar-refractivity contribution is 0.494. The first kappa shape index (κ1) is 13.2. The molecule has 0 fully saturated rings. The first-order valence-corrected chi connectivity index (χ1v) is 7.09. The maximum absolute atomic E-state index is 5.70. The number of nitrogens with zero attached hydrogens (tertiary/aromatic N) is 1. The molecule has 0 amide bonds. The summed E-state index contributed by atoms with van der Waals surface area (Å²) >= 11 is 1.79. The Balaban J connectivity index is 2.39. The number of hydrogen-bond donors (Lipinski definition) is 1. The summed E-state index contributed by atoms with van der Waals surface area (Å²) in [5.41, 5.74) is 8.15. The second-order valence-electron chi connectivity index (χ2n) is 5.22. The second kappa shape index (κ2) is 5.21. The molecule has 1 aromatic carbocycles. The minimum Gasteiger partial charge on any atom is -0.330 e. The van der Waals surface area contributed by atoms with Gasteiger partial charge >= 0.3 is 0 Å². The standard InChI is InChI=1S/C15H20N2S/c1-11-13(15(2,3)9-10-16)18-14(17-11)12-7-5-4-6-8-12/h4-8H,9-10,16H2,1-3H3. The van der Waals surface area contributed by atoms with Crippen molar-refractivity contribution in [3.8, 4) is 10.6 Å². The zero-order chi connectivity index (χ0) is 13.2. The second-order valence-corrected chi connectivity index (χ2v) is 6.22. The lowest BCUT2D eigenvalue weighted by Crippen LogP contribution is -2.21. The highest BCUT2D eigenvalue weighted by atomic mass is 32.1. The van der Waals surface area contributed by atoms with E-state index in [1.807, 2.05) is 6.07 Å². The van der Waals surface area contributed by atoms with Gasteiger partial charge in [0.25, 0.3) is 0 Å². The monoisotopic (exact) mass is 260 g/mol. The molecule has 1 heterocycles. The summed E-state index contributed by atoms with van der Waals surface area (Å²) in [6.45, 7) is 7.30. The third kappa shape index (κ3) is 2.62. The summed E-state index contributed by atoms with van der Waals surface area (Å²) in [5, 5.41) is 1.10. The van der Waals surface area contributed by atoms with E-state index in [4.69, 9.17) is 10.7 Å². The van der Waals surface area contributed by atoms with Crippen LogP contribution in [0.3, 0.4) is 0 Å². The van der Waals surface area contributed by atoms with Gasteiger partial charge in [-0.2, -0.15) is 0 Å². The normalized spacial score (nSPS) is 11.8. The fourth-order valence-electron chi connectivity index (χ4n) is 2.20. The highest BCUT2D eigenvalue weighted by Gasteiger charge is 2.25. The predicted octanol–water partition coefficient (Wildman–Crippen LogP) is 3.74. The topological polar surface area (TPSA) is 38.9 Å². The van der Waals surface area contributed by atoms with Crippen LogP contribution in [0.2, 0.25) is 0 Å². The van der Waals surface area contributed by atoms with Crippen molar-refractivity contribution < 1.29 is 0 Å². The molecule has 2 N–H and O–H groups in total. The molecular formula is C15H20N2S. The average Bonchev–Trinajstić information content (AvgIpc) is 2.73. The van der Waals surface area contributed by atoms with Crippen LogP contribution in [0.25, 0.3) is 10.6 Å². The third-order valence-corrected chi connectivity index (χ3v) is 4.77. The van der Waals surface area contributed by atoms with Crippen LogP contribution in [0.5, 0.6) is 0 Å². The summed E-state index contributed by atoms with van der Waals surface area (Å²) in [5.74, 6) is 0. The number of benzene rings is 1. The average molecular weight is 260 g/mol. The quantitative estimate of drug-likeness (QED) is 0.909. The minimum absolute atomic E-state index is 0.115. The van der Waals surface area contributed by atoms with Gasteiger partial charge < -0.3 is 5.73 Å². The molecule has 0 aliphatic carbocycles. The molecule has 18 heavy (non-hydrogen) atoms. The van der Waals surface area contributed by atoms with Gasteiger partial charge in [-0.05, 0) is 19.9 Å². The van der Waals surface area contributed by atoms with Crippen molar-refractivity contribution in [2.75, 3.05) is 6.54 Å². The van der Waals surface area contributed by atoms with Gasteiger partial charge in [0.1, 0.15) is 5.01 Å². The van der Waals surface area contributed by atoms with Gasteiger partial charge in [0, 0.05) is 15.9 Å². The molecule has 0 atom stereocenters. The molecular weight excluding hydrogens is 240 g/mol. The van der Waals surface area contributed by atoms with Crippen LogP contribution in [-0.4, -0.2) is 11.5 Å². The fraction of sp³-hybridized carbons (Fsp3) is 0.400. The summed E-state index contributed by atoms with van der Waals surface area (Å²) < 4.78 is 0. The Kier molecular flexibility index (Phi) is 3.83. The highest BCUT2D eigenvalue weighted by molar-refractivity contribution is 7.15. The Bertz CT molecular complexity index is 515. The molecule has 2 rings (SSSR count). The Morgan fingerprint density at radius 2 is 1.89 bits per heavy atom. The third-order valence-electron chi connectivity index (χ3n) is 3.20. The van der Waals surface area contributed by atoms with Crippen LogP contribution < -0.4 is 5.73 Å². The SMILES string of the molecule is Cc1nc(-c2ccccc2)sc1C(C)(C)CCN. The van der Waals surface area contributed by atoms with Crippen LogP contribution in [0.1, 0.15) is 30.8 Å². The molecule has 0 aliphatic rings. The molecule has 2 aromatic rings. The first-order valence-electron chi connectivity index (χ1n) is 6.28. The Morgan fingerprint density at radius 3 is 2.50 bits per heavy atom. The molecule has 0 saturated heterocycles. The number of rotatable bonds is 4. The van der Waals surface area contributed by atoms with Gasteiger partial charge in [0.05, 0.1) is 5.69 Å². The fourth-order valence-corrected chi connectivity index (χ4v) is 3.40. The zero-order valence-corrected chi connectivity index (χ0v) is 12.1. The van der Waals surface area contributed by atoms with E-state index in [1.165, 1.54) is 10.4 Å². The van der Waals surface area contributed by atoms with Crippen molar-refractivity contribution in [3.63, 3.8) is 0 Å². The largest absolute Gasteiger partial charge is 0.330 e. The maximum atomic E-state index is 5.70. The van der Waals surface area contributed by atoms with Crippen molar-refractivity contribution in [2.24, 2.45) is 5.73 Å². The molecule has 0 spiro atoms. The van der Waals surface area contributed by atoms with Gasteiger partial charge in [-0.25, -0.2) is 4.98 Å². The van der Waals surface area contributed by atoms with Gasteiger partial charge in [0.15, 0.2) is 0 Å². The van der Waals surface area contributed by atoms with Gasteiger partial charge in [-0.3, -0.25) is 0 Å². The Morgan fingerprint density at radius 1 is 1.22 bits per heavy atom. The molecule has 0 saturated carbocycles. The predicted molar refractivity (Wildman–Crippen MR) is 79.0 cm³/mol. The van der Waals surface area contributed by atoms with Crippen LogP contribution in [-0.2, 0) is 5.41 Å². The maximum Gasteiger partial charge on any atom is 0.123 e. The van der Waals surface area contributed by atoms with E-state index in [-0.39, 0.29) is 5.41 Å².